The Morgan fingerprint density at radius 3 is 2.08 bits per heavy atom. The first kappa shape index (κ1) is 11.4. The molecule has 2 atom stereocenters. The van der Waals surface area contributed by atoms with Crippen LogP contribution in [0.2, 0.25) is 0 Å². The molecule has 0 aromatic heterocycles. The maximum atomic E-state index is 10.6. The molecule has 0 spiro atoms. The molecule has 12 heavy (non-hydrogen) atoms. The van der Waals surface area contributed by atoms with E-state index < -0.39 is 11.9 Å². The lowest BCUT2D eigenvalue weighted by Crippen LogP contribution is -2.47. The molecule has 0 saturated carbocycles. The van der Waals surface area contributed by atoms with Crippen molar-refractivity contribution in [2.75, 3.05) is 0 Å². The number of nitrogens with two attached hydrogens (primary N) is 2. The lowest BCUT2D eigenvalue weighted by atomic mass is 10.1. The second kappa shape index (κ2) is 3.87. The zero-order chi connectivity index (χ0) is 9.94. The van der Waals surface area contributed by atoms with Gasteiger partial charge in [-0.25, -0.2) is 0 Å². The first-order chi connectivity index (χ1) is 5.24. The fourth-order valence-electron chi connectivity index (χ4n) is 0.862. The summed E-state index contributed by atoms with van der Waals surface area (Å²) >= 11 is 0. The summed E-state index contributed by atoms with van der Waals surface area (Å²) in [6.45, 7) is 7.44. The first-order valence-electron chi connectivity index (χ1n) is 3.97. The Bertz CT molecular complexity index is 163. The highest BCUT2D eigenvalue weighted by molar-refractivity contribution is 5.80. The van der Waals surface area contributed by atoms with Crippen molar-refractivity contribution in [2.45, 2.75) is 45.4 Å². The Labute approximate surface area is 73.2 Å². The molecule has 0 aliphatic carbocycles. The zero-order valence-electron chi connectivity index (χ0n) is 8.13. The number of ether oxygens (including phenoxy) is 1. The van der Waals surface area contributed by atoms with E-state index in [1.54, 1.807) is 6.92 Å². The third-order valence-corrected chi connectivity index (χ3v) is 1.37. The maximum absolute atomic E-state index is 10.6. The Kier molecular flexibility index (Phi) is 3.67. The number of primary amides is 1. The van der Waals surface area contributed by atoms with E-state index in [0.29, 0.717) is 0 Å². The molecule has 0 aliphatic rings. The van der Waals surface area contributed by atoms with E-state index in [0.717, 1.165) is 0 Å². The molecule has 0 aliphatic heterocycles. The van der Waals surface area contributed by atoms with Gasteiger partial charge in [0.2, 0.25) is 5.91 Å². The molecular weight excluding hydrogens is 156 g/mol. The lowest BCUT2D eigenvalue weighted by molar-refractivity contribution is -0.126. The van der Waals surface area contributed by atoms with Crippen LogP contribution in [-0.4, -0.2) is 23.7 Å². The van der Waals surface area contributed by atoms with E-state index in [4.69, 9.17) is 16.2 Å². The normalized spacial score (nSPS) is 17.1. The summed E-state index contributed by atoms with van der Waals surface area (Å²) in [5, 5.41) is 0. The van der Waals surface area contributed by atoms with Crippen LogP contribution >= 0.6 is 0 Å². The van der Waals surface area contributed by atoms with Gasteiger partial charge in [0.25, 0.3) is 0 Å². The molecule has 0 aromatic rings. The van der Waals surface area contributed by atoms with Crippen LogP contribution in [0.4, 0.5) is 0 Å². The molecular formula is C8H18N2O2. The van der Waals surface area contributed by atoms with Crippen molar-refractivity contribution in [3.63, 3.8) is 0 Å². The predicted octanol–water partition coefficient (Wildman–Crippen LogP) is 0.00260. The average molecular weight is 174 g/mol. The van der Waals surface area contributed by atoms with E-state index in [9.17, 15) is 4.79 Å². The molecule has 4 heteroatoms. The number of carbonyl (C=O) groups is 1. The van der Waals surface area contributed by atoms with Gasteiger partial charge >= 0.3 is 0 Å². The van der Waals surface area contributed by atoms with Crippen LogP contribution in [0.5, 0.6) is 0 Å². The summed E-state index contributed by atoms with van der Waals surface area (Å²) in [7, 11) is 0. The van der Waals surface area contributed by atoms with Crippen LogP contribution < -0.4 is 11.5 Å². The topological polar surface area (TPSA) is 78.3 Å². The highest BCUT2D eigenvalue weighted by Gasteiger charge is 2.23. The van der Waals surface area contributed by atoms with Crippen molar-refractivity contribution in [2.24, 2.45) is 11.5 Å². The first-order valence-corrected chi connectivity index (χ1v) is 3.97. The largest absolute Gasteiger partial charge is 0.371 e. The molecule has 4 N–H and O–H groups in total. The molecule has 0 heterocycles. The van der Waals surface area contributed by atoms with Gasteiger partial charge in [-0.1, -0.05) is 0 Å². The quantitative estimate of drug-likeness (QED) is 0.632. The highest BCUT2D eigenvalue weighted by atomic mass is 16.5. The average Bonchev–Trinajstić information content (AvgIpc) is 1.82. The van der Waals surface area contributed by atoms with Crippen molar-refractivity contribution >= 4 is 5.91 Å². The fraction of sp³-hybridized carbons (Fsp3) is 0.875. The minimum Gasteiger partial charge on any atom is -0.371 e. The third kappa shape index (κ3) is 4.31. The molecule has 0 bridgehead atoms. The Balaban J connectivity index is 4.04. The van der Waals surface area contributed by atoms with Gasteiger partial charge in [-0.05, 0) is 27.7 Å². The molecule has 0 radical (unpaired) electrons. The molecule has 0 unspecified atom stereocenters. The van der Waals surface area contributed by atoms with Crippen molar-refractivity contribution in [3.8, 4) is 0 Å². The highest BCUT2D eigenvalue weighted by Crippen LogP contribution is 2.11. The number of amides is 1. The van der Waals surface area contributed by atoms with Gasteiger partial charge in [0.1, 0.15) is 6.04 Å². The van der Waals surface area contributed by atoms with Crippen LogP contribution in [0, 0.1) is 0 Å². The van der Waals surface area contributed by atoms with E-state index in [-0.39, 0.29) is 11.7 Å². The molecule has 1 amide bonds. The van der Waals surface area contributed by atoms with E-state index in [1.165, 1.54) is 0 Å². The van der Waals surface area contributed by atoms with Gasteiger partial charge in [0, 0.05) is 0 Å². The second-order valence-electron chi connectivity index (χ2n) is 3.86. The second-order valence-corrected chi connectivity index (χ2v) is 3.86. The molecule has 4 nitrogen and oxygen atoms in total. The van der Waals surface area contributed by atoms with E-state index in [1.807, 2.05) is 20.8 Å². The van der Waals surface area contributed by atoms with Crippen molar-refractivity contribution in [3.05, 3.63) is 0 Å². The number of hydrogen-bond acceptors (Lipinski definition) is 3. The zero-order valence-corrected chi connectivity index (χ0v) is 8.13. The van der Waals surface area contributed by atoms with Crippen molar-refractivity contribution in [1.29, 1.82) is 0 Å². The summed E-state index contributed by atoms with van der Waals surface area (Å²) in [6, 6.07) is -0.732. The fourth-order valence-corrected chi connectivity index (χ4v) is 0.862. The Morgan fingerprint density at radius 1 is 1.42 bits per heavy atom. The Morgan fingerprint density at radius 2 is 1.83 bits per heavy atom. The number of hydrogen-bond donors (Lipinski definition) is 2. The predicted molar refractivity (Wildman–Crippen MR) is 47.5 cm³/mol. The van der Waals surface area contributed by atoms with Crippen LogP contribution in [0.25, 0.3) is 0 Å². The molecule has 0 rings (SSSR count). The monoisotopic (exact) mass is 174 g/mol. The Hall–Kier alpha value is -0.610. The van der Waals surface area contributed by atoms with Crippen LogP contribution in [0.15, 0.2) is 0 Å². The molecule has 72 valence electrons. The standard InChI is InChI=1S/C8H18N2O2/c1-5(6(9)7(10)11)12-8(2,3)4/h5-6H,9H2,1-4H3,(H2,10,11)/t5-,6+/m0/s1. The van der Waals surface area contributed by atoms with Crippen LogP contribution in [-0.2, 0) is 9.53 Å². The van der Waals surface area contributed by atoms with Gasteiger partial charge in [-0.15, -0.1) is 0 Å². The molecule has 0 fully saturated rings. The molecule has 0 saturated heterocycles. The smallest absolute Gasteiger partial charge is 0.237 e. The van der Waals surface area contributed by atoms with Gasteiger partial charge in [0.05, 0.1) is 11.7 Å². The summed E-state index contributed by atoms with van der Waals surface area (Å²) in [5.74, 6) is -0.535. The van der Waals surface area contributed by atoms with Gasteiger partial charge in [-0.3, -0.25) is 4.79 Å². The van der Waals surface area contributed by atoms with Gasteiger partial charge in [0.15, 0.2) is 0 Å². The lowest BCUT2D eigenvalue weighted by Gasteiger charge is -2.27. The molecule has 0 aromatic carbocycles. The third-order valence-electron chi connectivity index (χ3n) is 1.37. The van der Waals surface area contributed by atoms with E-state index >= 15 is 0 Å². The minimum atomic E-state index is -0.732. The van der Waals surface area contributed by atoms with Gasteiger partial charge in [-0.2, -0.15) is 0 Å². The van der Waals surface area contributed by atoms with Gasteiger partial charge < -0.3 is 16.2 Å². The SMILES string of the molecule is C[C@H](OC(C)(C)C)[C@@H](N)C(N)=O. The summed E-state index contributed by atoms with van der Waals surface area (Å²) in [4.78, 5) is 10.6. The summed E-state index contributed by atoms with van der Waals surface area (Å²) in [5.41, 5.74) is 10.2. The van der Waals surface area contributed by atoms with E-state index in [2.05, 4.69) is 0 Å². The minimum absolute atomic E-state index is 0.299. The van der Waals surface area contributed by atoms with Crippen LogP contribution in [0.1, 0.15) is 27.7 Å². The maximum Gasteiger partial charge on any atom is 0.237 e. The number of carbonyl (C=O) groups excluding carboxylic acids is 1. The number of rotatable bonds is 3. The summed E-state index contributed by atoms with van der Waals surface area (Å²) < 4.78 is 5.43. The summed E-state index contributed by atoms with van der Waals surface area (Å²) in [6.07, 6.45) is -0.345. The van der Waals surface area contributed by atoms with Crippen molar-refractivity contribution < 1.29 is 9.53 Å². The van der Waals surface area contributed by atoms with Crippen LogP contribution in [0.3, 0.4) is 0 Å². The van der Waals surface area contributed by atoms with Crippen molar-refractivity contribution in [1.82, 2.24) is 0 Å².